The molecule has 0 saturated carbocycles. The molecule has 1 saturated heterocycles. The molecule has 1 aromatic heterocycles. The first-order valence-electron chi connectivity index (χ1n) is 5.06. The molecule has 1 aliphatic heterocycles. The second kappa shape index (κ2) is 4.01. The minimum atomic E-state index is -0.439. The summed E-state index contributed by atoms with van der Waals surface area (Å²) in [5, 5.41) is 12.1. The number of hydrogen-bond acceptors (Lipinski definition) is 3. The van der Waals surface area contributed by atoms with Gasteiger partial charge in [-0.05, 0) is 43.7 Å². The summed E-state index contributed by atoms with van der Waals surface area (Å²) in [7, 11) is 0. The zero-order chi connectivity index (χ0) is 10.1. The van der Waals surface area contributed by atoms with Crippen molar-refractivity contribution in [2.75, 3.05) is 0 Å². The van der Waals surface area contributed by atoms with Gasteiger partial charge in [0.15, 0.2) is 0 Å². The van der Waals surface area contributed by atoms with Crippen LogP contribution in [-0.2, 0) is 4.74 Å². The predicted octanol–water partition coefficient (Wildman–Crippen LogP) is 2.66. The molecule has 0 amide bonds. The van der Waals surface area contributed by atoms with Crippen molar-refractivity contribution in [1.82, 2.24) is 0 Å². The van der Waals surface area contributed by atoms with Crippen molar-refractivity contribution in [3.63, 3.8) is 0 Å². The van der Waals surface area contributed by atoms with Gasteiger partial charge in [0.25, 0.3) is 0 Å². The fourth-order valence-electron chi connectivity index (χ4n) is 1.97. The molecule has 3 atom stereocenters. The van der Waals surface area contributed by atoms with Gasteiger partial charge in [-0.1, -0.05) is 0 Å². The molecule has 2 heterocycles. The van der Waals surface area contributed by atoms with E-state index in [-0.39, 0.29) is 6.10 Å². The quantitative estimate of drug-likeness (QED) is 0.816. The van der Waals surface area contributed by atoms with Crippen molar-refractivity contribution in [2.45, 2.75) is 45.0 Å². The van der Waals surface area contributed by atoms with Crippen LogP contribution in [0.1, 0.15) is 36.3 Å². The first kappa shape index (κ1) is 10.1. The van der Waals surface area contributed by atoms with Gasteiger partial charge in [0.2, 0.25) is 0 Å². The molecular weight excluding hydrogens is 196 g/mol. The van der Waals surface area contributed by atoms with Crippen LogP contribution in [0.2, 0.25) is 0 Å². The first-order chi connectivity index (χ1) is 6.68. The number of rotatable bonds is 2. The van der Waals surface area contributed by atoms with E-state index in [4.69, 9.17) is 4.74 Å². The van der Waals surface area contributed by atoms with Gasteiger partial charge in [0, 0.05) is 4.88 Å². The Kier molecular flexibility index (Phi) is 2.91. The average molecular weight is 212 g/mol. The molecule has 2 nitrogen and oxygen atoms in total. The Morgan fingerprint density at radius 1 is 1.57 bits per heavy atom. The van der Waals surface area contributed by atoms with Crippen LogP contribution in [0.15, 0.2) is 11.4 Å². The van der Waals surface area contributed by atoms with Gasteiger partial charge in [-0.15, -0.1) is 11.3 Å². The smallest absolute Gasteiger partial charge is 0.106 e. The monoisotopic (exact) mass is 212 g/mol. The Labute approximate surface area is 88.5 Å². The number of thiophene rings is 1. The van der Waals surface area contributed by atoms with E-state index in [1.807, 2.05) is 18.4 Å². The predicted molar refractivity (Wildman–Crippen MR) is 57.6 cm³/mol. The summed E-state index contributed by atoms with van der Waals surface area (Å²) in [5.41, 5.74) is 1.04. The van der Waals surface area contributed by atoms with E-state index in [0.717, 1.165) is 18.4 Å². The number of ether oxygens (including phenoxy) is 1. The zero-order valence-electron chi connectivity index (χ0n) is 8.56. The molecular formula is C11H16O2S. The highest BCUT2D eigenvalue weighted by Crippen LogP contribution is 2.32. The van der Waals surface area contributed by atoms with Gasteiger partial charge in [-0.3, -0.25) is 0 Å². The highest BCUT2D eigenvalue weighted by atomic mass is 32.1. The van der Waals surface area contributed by atoms with Crippen LogP contribution in [-0.4, -0.2) is 17.3 Å². The van der Waals surface area contributed by atoms with Crippen molar-refractivity contribution in [1.29, 1.82) is 0 Å². The van der Waals surface area contributed by atoms with Gasteiger partial charge in [0.05, 0.1) is 12.2 Å². The van der Waals surface area contributed by atoms with Crippen LogP contribution >= 0.6 is 11.3 Å². The molecule has 0 radical (unpaired) electrons. The first-order valence-corrected chi connectivity index (χ1v) is 5.94. The molecule has 3 heteroatoms. The zero-order valence-corrected chi connectivity index (χ0v) is 9.38. The van der Waals surface area contributed by atoms with Crippen molar-refractivity contribution in [2.24, 2.45) is 0 Å². The Morgan fingerprint density at radius 2 is 2.36 bits per heavy atom. The highest BCUT2D eigenvalue weighted by Gasteiger charge is 2.30. The number of aliphatic hydroxyl groups is 1. The fourth-order valence-corrected chi connectivity index (χ4v) is 2.71. The molecule has 78 valence electrons. The lowest BCUT2D eigenvalue weighted by Gasteiger charge is -2.18. The highest BCUT2D eigenvalue weighted by molar-refractivity contribution is 7.10. The van der Waals surface area contributed by atoms with E-state index in [2.05, 4.69) is 6.92 Å². The minimum Gasteiger partial charge on any atom is -0.386 e. The molecule has 1 fully saturated rings. The number of hydrogen-bond donors (Lipinski definition) is 1. The van der Waals surface area contributed by atoms with Crippen molar-refractivity contribution >= 4 is 11.3 Å². The lowest BCUT2D eigenvalue weighted by molar-refractivity contribution is -0.0298. The summed E-state index contributed by atoms with van der Waals surface area (Å²) in [6.45, 7) is 4.11. The Hall–Kier alpha value is -0.380. The molecule has 14 heavy (non-hydrogen) atoms. The van der Waals surface area contributed by atoms with Crippen molar-refractivity contribution in [3.8, 4) is 0 Å². The minimum absolute atomic E-state index is 0.00157. The van der Waals surface area contributed by atoms with E-state index >= 15 is 0 Å². The van der Waals surface area contributed by atoms with Crippen LogP contribution in [0.4, 0.5) is 0 Å². The number of aryl methyl sites for hydroxylation is 1. The van der Waals surface area contributed by atoms with E-state index in [1.165, 1.54) is 4.88 Å². The molecule has 0 spiro atoms. The van der Waals surface area contributed by atoms with Crippen molar-refractivity contribution in [3.05, 3.63) is 21.9 Å². The maximum Gasteiger partial charge on any atom is 0.106 e. The Bertz CT molecular complexity index is 308. The Balaban J connectivity index is 2.09. The Morgan fingerprint density at radius 3 is 2.86 bits per heavy atom. The summed E-state index contributed by atoms with van der Waals surface area (Å²) >= 11 is 1.68. The van der Waals surface area contributed by atoms with E-state index in [1.54, 1.807) is 11.3 Å². The maximum atomic E-state index is 10.1. The molecule has 2 rings (SSSR count). The van der Waals surface area contributed by atoms with Crippen LogP contribution in [0.25, 0.3) is 0 Å². The largest absolute Gasteiger partial charge is 0.386 e. The van der Waals surface area contributed by atoms with Gasteiger partial charge in [0.1, 0.15) is 6.10 Å². The third-order valence-corrected chi connectivity index (χ3v) is 3.70. The van der Waals surface area contributed by atoms with Crippen molar-refractivity contribution < 1.29 is 9.84 Å². The molecule has 0 bridgehead atoms. The summed E-state index contributed by atoms with van der Waals surface area (Å²) < 4.78 is 5.66. The van der Waals surface area contributed by atoms with Gasteiger partial charge in [-0.2, -0.15) is 0 Å². The molecule has 1 aromatic rings. The maximum absolute atomic E-state index is 10.1. The number of aliphatic hydroxyl groups excluding tert-OH is 1. The van der Waals surface area contributed by atoms with Gasteiger partial charge < -0.3 is 9.84 Å². The third-order valence-electron chi connectivity index (χ3n) is 2.83. The van der Waals surface area contributed by atoms with Crippen LogP contribution in [0.3, 0.4) is 0 Å². The topological polar surface area (TPSA) is 29.5 Å². The standard InChI is InChI=1S/C11H16O2S/c1-7-3-4-10(13-7)11(12)9-5-6-14-8(9)2/h5-7,10-12H,3-4H2,1-2H3. The molecule has 3 unspecified atom stereocenters. The summed E-state index contributed by atoms with van der Waals surface area (Å²) in [5.74, 6) is 0. The summed E-state index contributed by atoms with van der Waals surface area (Å²) in [4.78, 5) is 1.20. The molecule has 1 aliphatic rings. The van der Waals surface area contributed by atoms with E-state index in [9.17, 15) is 5.11 Å². The SMILES string of the molecule is Cc1sccc1C(O)C1CCC(C)O1. The lowest BCUT2D eigenvalue weighted by atomic mass is 10.0. The average Bonchev–Trinajstić information content (AvgIpc) is 2.73. The summed E-state index contributed by atoms with van der Waals surface area (Å²) in [6.07, 6.45) is 1.89. The third kappa shape index (κ3) is 1.85. The molecule has 0 aromatic carbocycles. The second-order valence-electron chi connectivity index (χ2n) is 3.94. The lowest BCUT2D eigenvalue weighted by Crippen LogP contribution is -2.18. The molecule has 1 N–H and O–H groups in total. The van der Waals surface area contributed by atoms with Crippen LogP contribution in [0.5, 0.6) is 0 Å². The van der Waals surface area contributed by atoms with E-state index in [0.29, 0.717) is 6.10 Å². The fraction of sp³-hybridized carbons (Fsp3) is 0.636. The van der Waals surface area contributed by atoms with Gasteiger partial charge in [-0.25, -0.2) is 0 Å². The molecule has 0 aliphatic carbocycles. The van der Waals surface area contributed by atoms with E-state index < -0.39 is 6.10 Å². The van der Waals surface area contributed by atoms with Gasteiger partial charge >= 0.3 is 0 Å². The second-order valence-corrected chi connectivity index (χ2v) is 5.06. The van der Waals surface area contributed by atoms with Crippen LogP contribution < -0.4 is 0 Å². The summed E-state index contributed by atoms with van der Waals surface area (Å²) in [6, 6.07) is 2.00. The van der Waals surface area contributed by atoms with Crippen LogP contribution in [0, 0.1) is 6.92 Å². The normalized spacial score (nSPS) is 29.4.